The minimum absolute atomic E-state index is 0.0370. The zero-order valence-electron chi connectivity index (χ0n) is 19.2. The topological polar surface area (TPSA) is 146 Å². The van der Waals surface area contributed by atoms with Gasteiger partial charge in [0.15, 0.2) is 16.0 Å². The second-order valence-corrected chi connectivity index (χ2v) is 10.0. The van der Waals surface area contributed by atoms with E-state index >= 15 is 0 Å². The number of sulfonamides is 1. The summed E-state index contributed by atoms with van der Waals surface area (Å²) in [5.41, 5.74) is 3.83. The molecule has 0 saturated heterocycles. The highest BCUT2D eigenvalue weighted by atomic mass is 32.2. The third kappa shape index (κ3) is 5.46. The molecule has 3 aromatic carbocycles. The molecule has 4 aromatic rings. The number of fused-ring (bicyclic) bond motifs is 1. The second kappa shape index (κ2) is 10.3. The molecule has 36 heavy (non-hydrogen) atoms. The summed E-state index contributed by atoms with van der Waals surface area (Å²) in [5.74, 6) is 0.155. The first-order chi connectivity index (χ1) is 17.2. The minimum Gasteiger partial charge on any atom is -0.497 e. The van der Waals surface area contributed by atoms with E-state index < -0.39 is 10.0 Å². The van der Waals surface area contributed by atoms with Crippen LogP contribution in [0.5, 0.6) is 5.75 Å². The van der Waals surface area contributed by atoms with Crippen molar-refractivity contribution in [2.45, 2.75) is 17.0 Å². The molecular weight excluding hydrogens is 502 g/mol. The number of hydrogen-bond acceptors (Lipinski definition) is 9. The van der Waals surface area contributed by atoms with Gasteiger partial charge in [-0.15, -0.1) is 0 Å². The Balaban J connectivity index is 1.77. The highest BCUT2D eigenvalue weighted by Gasteiger charge is 2.18. The van der Waals surface area contributed by atoms with Gasteiger partial charge in [0, 0.05) is 6.92 Å². The zero-order chi connectivity index (χ0) is 25.9. The predicted molar refractivity (Wildman–Crippen MR) is 139 cm³/mol. The molecule has 3 N–H and O–H groups in total. The lowest BCUT2D eigenvalue weighted by Crippen LogP contribution is -2.23. The standard InChI is InChI=1S/C24H21N5O5S2/c1-15(30)22(28-27-16-8-11-19(12-9-16)36(25,32)33)35-24-26-21-13-10-18(34-2)14-20(21)23(31)29(24)17-6-4-3-5-7-17/h3-14,27H,1-2H3,(H2,25,32,33)/b28-22+. The number of thioether (sulfide) groups is 1. The molecule has 0 spiro atoms. The fraction of sp³-hybridized carbons (Fsp3) is 0.0833. The highest BCUT2D eigenvalue weighted by Crippen LogP contribution is 2.25. The van der Waals surface area contributed by atoms with E-state index in [1.807, 2.05) is 6.07 Å². The van der Waals surface area contributed by atoms with Crippen molar-refractivity contribution in [3.63, 3.8) is 0 Å². The first kappa shape index (κ1) is 25.1. The molecular formula is C24H21N5O5S2. The Bertz CT molecular complexity index is 1630. The summed E-state index contributed by atoms with van der Waals surface area (Å²) in [4.78, 5) is 30.5. The number of benzene rings is 3. The number of para-hydroxylation sites is 1. The van der Waals surface area contributed by atoms with E-state index in [0.29, 0.717) is 28.0 Å². The first-order valence-corrected chi connectivity index (χ1v) is 12.9. The molecule has 0 aliphatic carbocycles. The van der Waals surface area contributed by atoms with Gasteiger partial charge in [0.05, 0.1) is 34.3 Å². The lowest BCUT2D eigenvalue weighted by atomic mass is 10.2. The van der Waals surface area contributed by atoms with Crippen molar-refractivity contribution in [3.8, 4) is 11.4 Å². The summed E-state index contributed by atoms with van der Waals surface area (Å²) in [6, 6.07) is 19.5. The second-order valence-electron chi connectivity index (χ2n) is 7.51. The molecule has 4 rings (SSSR count). The number of rotatable bonds is 7. The number of carbonyl (C=O) groups excluding carboxylic acids is 1. The minimum atomic E-state index is -3.83. The monoisotopic (exact) mass is 523 g/mol. The van der Waals surface area contributed by atoms with Gasteiger partial charge in [-0.2, -0.15) is 5.10 Å². The number of methoxy groups -OCH3 is 1. The highest BCUT2D eigenvalue weighted by molar-refractivity contribution is 8.15. The van der Waals surface area contributed by atoms with Crippen LogP contribution >= 0.6 is 11.8 Å². The number of aromatic nitrogens is 2. The Hall–Kier alpha value is -4.00. The molecule has 1 aromatic heterocycles. The van der Waals surface area contributed by atoms with Gasteiger partial charge in [0.2, 0.25) is 10.0 Å². The van der Waals surface area contributed by atoms with E-state index in [-0.39, 0.29) is 26.4 Å². The number of anilines is 1. The molecule has 1 heterocycles. The van der Waals surface area contributed by atoms with Crippen molar-refractivity contribution in [1.29, 1.82) is 0 Å². The van der Waals surface area contributed by atoms with Crippen LogP contribution in [0.3, 0.4) is 0 Å². The number of nitrogens with zero attached hydrogens (tertiary/aromatic N) is 3. The SMILES string of the molecule is COc1ccc2nc(S/C(=N/Nc3ccc(S(N)(=O)=O)cc3)C(C)=O)n(-c3ccccc3)c(=O)c2c1. The third-order valence-corrected chi connectivity index (χ3v) is 6.98. The average molecular weight is 524 g/mol. The molecule has 0 aliphatic rings. The average Bonchev–Trinajstić information content (AvgIpc) is 2.86. The molecule has 0 fully saturated rings. The number of hydrazone groups is 1. The molecule has 0 amide bonds. The van der Waals surface area contributed by atoms with Crippen molar-refractivity contribution >= 4 is 49.2 Å². The summed E-state index contributed by atoms with van der Waals surface area (Å²) in [7, 11) is -2.32. The Morgan fingerprint density at radius 2 is 1.78 bits per heavy atom. The lowest BCUT2D eigenvalue weighted by molar-refractivity contribution is -0.110. The maximum Gasteiger partial charge on any atom is 0.266 e. The maximum absolute atomic E-state index is 13.5. The van der Waals surface area contributed by atoms with Crippen LogP contribution in [0.1, 0.15) is 6.92 Å². The van der Waals surface area contributed by atoms with Gasteiger partial charge in [-0.25, -0.2) is 18.5 Å². The van der Waals surface area contributed by atoms with Crippen LogP contribution in [0.4, 0.5) is 5.69 Å². The van der Waals surface area contributed by atoms with Crippen LogP contribution < -0.4 is 20.9 Å². The van der Waals surface area contributed by atoms with E-state index in [1.165, 1.54) is 42.9 Å². The van der Waals surface area contributed by atoms with Crippen LogP contribution in [-0.4, -0.2) is 35.9 Å². The zero-order valence-corrected chi connectivity index (χ0v) is 20.8. The number of Topliss-reactive ketones (excluding diaryl/α,β-unsaturated/α-hetero) is 1. The molecule has 12 heteroatoms. The van der Waals surface area contributed by atoms with Crippen LogP contribution in [-0.2, 0) is 14.8 Å². The smallest absolute Gasteiger partial charge is 0.266 e. The molecule has 0 aliphatic heterocycles. The first-order valence-electron chi connectivity index (χ1n) is 10.5. The van der Waals surface area contributed by atoms with E-state index in [4.69, 9.17) is 9.88 Å². The summed E-state index contributed by atoms with van der Waals surface area (Å²) in [6.45, 7) is 1.34. The van der Waals surface area contributed by atoms with Crippen molar-refractivity contribution in [1.82, 2.24) is 9.55 Å². The van der Waals surface area contributed by atoms with Gasteiger partial charge in [0.1, 0.15) is 5.75 Å². The number of nitrogens with two attached hydrogens (primary N) is 1. The van der Waals surface area contributed by atoms with Gasteiger partial charge in [-0.1, -0.05) is 18.2 Å². The van der Waals surface area contributed by atoms with E-state index in [9.17, 15) is 18.0 Å². The Morgan fingerprint density at radius 1 is 1.08 bits per heavy atom. The molecule has 184 valence electrons. The third-order valence-electron chi connectivity index (χ3n) is 5.02. The number of ether oxygens (including phenoxy) is 1. The van der Waals surface area contributed by atoms with E-state index in [0.717, 1.165) is 11.8 Å². The van der Waals surface area contributed by atoms with Crippen LogP contribution in [0.15, 0.2) is 92.7 Å². The largest absolute Gasteiger partial charge is 0.497 e. The fourth-order valence-corrected chi connectivity index (χ4v) is 4.59. The molecule has 0 radical (unpaired) electrons. The van der Waals surface area contributed by atoms with Crippen molar-refractivity contribution in [2.75, 3.05) is 12.5 Å². The summed E-state index contributed by atoms with van der Waals surface area (Å²) in [5, 5.41) is 9.93. The van der Waals surface area contributed by atoms with Crippen molar-refractivity contribution in [2.24, 2.45) is 10.2 Å². The Kier molecular flexibility index (Phi) is 7.20. The molecule has 0 unspecified atom stereocenters. The fourth-order valence-electron chi connectivity index (χ4n) is 3.24. The van der Waals surface area contributed by atoms with Crippen LogP contribution in [0, 0.1) is 0 Å². The van der Waals surface area contributed by atoms with Crippen LogP contribution in [0.2, 0.25) is 0 Å². The number of primary sulfonamides is 1. The number of hydrogen-bond donors (Lipinski definition) is 2. The molecule has 10 nitrogen and oxygen atoms in total. The quantitative estimate of drug-likeness (QED) is 0.124. The van der Waals surface area contributed by atoms with E-state index in [2.05, 4.69) is 15.5 Å². The number of carbonyl (C=O) groups is 1. The van der Waals surface area contributed by atoms with Gasteiger partial charge in [0.25, 0.3) is 5.56 Å². The Labute approximate surface area is 210 Å². The van der Waals surface area contributed by atoms with E-state index in [1.54, 1.807) is 42.5 Å². The van der Waals surface area contributed by atoms with Gasteiger partial charge < -0.3 is 4.74 Å². The van der Waals surface area contributed by atoms with Crippen LogP contribution in [0.25, 0.3) is 16.6 Å². The predicted octanol–water partition coefficient (Wildman–Crippen LogP) is 3.15. The van der Waals surface area contributed by atoms with Crippen molar-refractivity contribution in [3.05, 3.63) is 83.2 Å². The Morgan fingerprint density at radius 3 is 2.39 bits per heavy atom. The summed E-state index contributed by atoms with van der Waals surface area (Å²) in [6.07, 6.45) is 0. The lowest BCUT2D eigenvalue weighted by Gasteiger charge is -2.14. The maximum atomic E-state index is 13.5. The summed E-state index contributed by atoms with van der Waals surface area (Å²) < 4.78 is 29.6. The summed E-state index contributed by atoms with van der Waals surface area (Å²) >= 11 is 0.927. The number of nitrogens with one attached hydrogen (secondary N) is 1. The van der Waals surface area contributed by atoms with Gasteiger partial charge in [-0.05, 0) is 66.4 Å². The normalized spacial score (nSPS) is 11.9. The van der Waals surface area contributed by atoms with Gasteiger partial charge in [-0.3, -0.25) is 19.6 Å². The molecule has 0 atom stereocenters. The molecule has 0 bridgehead atoms. The van der Waals surface area contributed by atoms with Crippen molar-refractivity contribution < 1.29 is 17.9 Å². The molecule has 0 saturated carbocycles. The van der Waals surface area contributed by atoms with Gasteiger partial charge >= 0.3 is 0 Å². The number of ketones is 1.